The zero-order valence-corrected chi connectivity index (χ0v) is 18.0. The molecule has 186 valence electrons. The number of fused-ring (bicyclic) bond motifs is 1. The molecule has 1 fully saturated rings. The van der Waals surface area contributed by atoms with Crippen molar-refractivity contribution >= 4 is 23.3 Å². The van der Waals surface area contributed by atoms with Crippen LogP contribution in [0.1, 0.15) is 46.3 Å². The quantitative estimate of drug-likeness (QED) is 0.626. The van der Waals surface area contributed by atoms with Crippen LogP contribution in [0, 0.1) is 0 Å². The van der Waals surface area contributed by atoms with E-state index in [9.17, 15) is 40.7 Å². The van der Waals surface area contributed by atoms with Gasteiger partial charge in [0.25, 0.3) is 0 Å². The smallest absolute Gasteiger partial charge is 0.342 e. The van der Waals surface area contributed by atoms with Crippen LogP contribution < -0.4 is 16.0 Å². The minimum atomic E-state index is -5.07. The monoisotopic (exact) mass is 499 g/mol. The summed E-state index contributed by atoms with van der Waals surface area (Å²) in [6.07, 6.45) is -9.82. The molecule has 1 aliphatic carbocycles. The molecule has 0 bridgehead atoms. The molecule has 1 aliphatic heterocycles. The number of para-hydroxylation sites is 1. The van der Waals surface area contributed by atoms with E-state index < -0.39 is 71.2 Å². The maximum Gasteiger partial charge on any atom is 0.416 e. The van der Waals surface area contributed by atoms with Gasteiger partial charge in [0.2, 0.25) is 11.8 Å². The lowest BCUT2D eigenvalue weighted by Gasteiger charge is -2.27. The van der Waals surface area contributed by atoms with E-state index in [1.165, 1.54) is 24.3 Å². The Morgan fingerprint density at radius 1 is 1.00 bits per heavy atom. The molecule has 12 heteroatoms. The number of halogens is 6. The van der Waals surface area contributed by atoms with Gasteiger partial charge in [-0.25, -0.2) is 0 Å². The van der Waals surface area contributed by atoms with Crippen molar-refractivity contribution in [2.45, 2.75) is 49.7 Å². The number of carbonyl (C=O) groups excluding carboxylic acids is 3. The zero-order valence-electron chi connectivity index (χ0n) is 18.0. The number of amides is 2. The van der Waals surface area contributed by atoms with Gasteiger partial charge >= 0.3 is 12.4 Å². The van der Waals surface area contributed by atoms with Crippen LogP contribution in [0.25, 0.3) is 0 Å². The van der Waals surface area contributed by atoms with Gasteiger partial charge in [0, 0.05) is 12.0 Å². The number of alkyl halides is 6. The Balaban J connectivity index is 1.76. The first-order valence-electron chi connectivity index (χ1n) is 10.5. The highest BCUT2D eigenvalue weighted by atomic mass is 19.4. The van der Waals surface area contributed by atoms with Gasteiger partial charge in [0.1, 0.15) is 6.04 Å². The Morgan fingerprint density at radius 2 is 1.57 bits per heavy atom. The second-order valence-electron chi connectivity index (χ2n) is 8.67. The Labute approximate surface area is 195 Å². The first kappa shape index (κ1) is 24.7. The van der Waals surface area contributed by atoms with E-state index in [4.69, 9.17) is 5.73 Å². The number of nitrogens with zero attached hydrogens (tertiary/aromatic N) is 1. The van der Waals surface area contributed by atoms with Gasteiger partial charge in [-0.1, -0.05) is 12.1 Å². The first-order valence-corrected chi connectivity index (χ1v) is 10.5. The standard InChI is InChI=1S/C23H19F6N3O3/c24-22(25,26)13-7-12(8-14(9-13)23(27,28)29)11-32-17-4-2-1-3-15(17)18(33)10-16(19(32)34)31-20(35)21(30)5-6-21/h1-4,7-9,16H,5-6,10-11,30H2,(H,31,35)/t16-/m1/s1. The van der Waals surface area contributed by atoms with Crippen molar-refractivity contribution in [3.8, 4) is 0 Å². The van der Waals surface area contributed by atoms with E-state index >= 15 is 0 Å². The predicted octanol–water partition coefficient (Wildman–Crippen LogP) is 3.82. The zero-order chi connectivity index (χ0) is 25.8. The van der Waals surface area contributed by atoms with Gasteiger partial charge in [-0.3, -0.25) is 14.4 Å². The molecule has 1 atom stereocenters. The minimum Gasteiger partial charge on any atom is -0.342 e. The molecule has 0 saturated heterocycles. The molecule has 0 spiro atoms. The van der Waals surface area contributed by atoms with Gasteiger partial charge in [-0.15, -0.1) is 0 Å². The molecule has 3 N–H and O–H groups in total. The number of ketones is 1. The van der Waals surface area contributed by atoms with E-state index in [1.54, 1.807) is 0 Å². The maximum absolute atomic E-state index is 13.4. The summed E-state index contributed by atoms with van der Waals surface area (Å²) in [5.74, 6) is -2.04. The lowest BCUT2D eigenvalue weighted by molar-refractivity contribution is -0.143. The lowest BCUT2D eigenvalue weighted by Crippen LogP contribution is -2.53. The fraction of sp³-hybridized carbons (Fsp3) is 0.348. The van der Waals surface area contributed by atoms with Crippen molar-refractivity contribution < 1.29 is 40.7 Å². The number of benzene rings is 2. The van der Waals surface area contributed by atoms with E-state index in [2.05, 4.69) is 5.32 Å². The van der Waals surface area contributed by atoms with E-state index in [0.717, 1.165) is 4.90 Å². The topological polar surface area (TPSA) is 92.5 Å². The SMILES string of the molecule is NC1(C(=O)N[C@@H]2CC(=O)c3ccccc3N(Cc3cc(C(F)(F)F)cc(C(F)(F)F)c3)C2=O)CC1. The van der Waals surface area contributed by atoms with E-state index in [0.29, 0.717) is 25.0 Å². The van der Waals surface area contributed by atoms with Crippen molar-refractivity contribution in [2.75, 3.05) is 4.90 Å². The molecule has 6 nitrogen and oxygen atoms in total. The summed E-state index contributed by atoms with van der Waals surface area (Å²) in [6.45, 7) is -0.698. The molecule has 0 unspecified atom stereocenters. The third kappa shape index (κ3) is 5.02. The third-order valence-electron chi connectivity index (χ3n) is 5.98. The molecule has 35 heavy (non-hydrogen) atoms. The van der Waals surface area contributed by atoms with Gasteiger partial charge in [-0.05, 0) is 48.7 Å². The number of anilines is 1. The molecule has 2 aliphatic rings. The number of hydrogen-bond donors (Lipinski definition) is 2. The largest absolute Gasteiger partial charge is 0.416 e. The highest BCUT2D eigenvalue weighted by Gasteiger charge is 2.48. The van der Waals surface area contributed by atoms with Crippen LogP contribution in [-0.2, 0) is 28.5 Å². The van der Waals surface area contributed by atoms with E-state index in [1.807, 2.05) is 0 Å². The third-order valence-corrected chi connectivity index (χ3v) is 5.98. The normalized spacial score (nSPS) is 19.7. The van der Waals surface area contributed by atoms with Gasteiger partial charge in [0.15, 0.2) is 5.78 Å². The molecule has 2 aromatic rings. The van der Waals surface area contributed by atoms with Crippen LogP contribution >= 0.6 is 0 Å². The average molecular weight is 499 g/mol. The highest BCUT2D eigenvalue weighted by Crippen LogP contribution is 2.38. The average Bonchev–Trinajstić information content (AvgIpc) is 3.54. The second-order valence-corrected chi connectivity index (χ2v) is 8.67. The number of nitrogens with one attached hydrogen (secondary N) is 1. The molecule has 1 heterocycles. The number of rotatable bonds is 4. The van der Waals surface area contributed by atoms with Crippen LogP contribution in [0.15, 0.2) is 42.5 Å². The first-order chi connectivity index (χ1) is 16.2. The van der Waals surface area contributed by atoms with Crippen molar-refractivity contribution in [2.24, 2.45) is 5.73 Å². The van der Waals surface area contributed by atoms with Crippen LogP contribution in [0.5, 0.6) is 0 Å². The summed E-state index contributed by atoms with van der Waals surface area (Å²) < 4.78 is 79.9. The Bertz CT molecular complexity index is 1170. The van der Waals surface area contributed by atoms with Crippen LogP contribution in [0.2, 0.25) is 0 Å². The Kier molecular flexibility index (Phi) is 5.90. The van der Waals surface area contributed by atoms with Crippen molar-refractivity contribution in [3.05, 3.63) is 64.7 Å². The molecule has 2 amide bonds. The van der Waals surface area contributed by atoms with E-state index in [-0.39, 0.29) is 17.3 Å². The number of hydrogen-bond acceptors (Lipinski definition) is 4. The van der Waals surface area contributed by atoms with Crippen molar-refractivity contribution in [1.82, 2.24) is 5.32 Å². The minimum absolute atomic E-state index is 0.00935. The number of carbonyl (C=O) groups is 3. The molecule has 2 aromatic carbocycles. The molecule has 4 rings (SSSR count). The lowest BCUT2D eigenvalue weighted by atomic mass is 10.0. The summed E-state index contributed by atoms with van der Waals surface area (Å²) in [6, 6.07) is 5.36. The molecule has 0 aromatic heterocycles. The second kappa shape index (κ2) is 8.36. The van der Waals surface area contributed by atoms with Gasteiger partial charge < -0.3 is 16.0 Å². The van der Waals surface area contributed by atoms with Crippen LogP contribution in [0.3, 0.4) is 0 Å². The molecule has 0 radical (unpaired) electrons. The number of nitrogens with two attached hydrogens (primary N) is 1. The summed E-state index contributed by atoms with van der Waals surface area (Å²) in [5.41, 5.74) is 1.23. The summed E-state index contributed by atoms with van der Waals surface area (Å²) in [7, 11) is 0. The molecular formula is C23H19F6N3O3. The Morgan fingerprint density at radius 3 is 2.11 bits per heavy atom. The number of Topliss-reactive ketones (excluding diaryl/α,β-unsaturated/α-hetero) is 1. The van der Waals surface area contributed by atoms with Crippen molar-refractivity contribution in [1.29, 1.82) is 0 Å². The maximum atomic E-state index is 13.4. The van der Waals surface area contributed by atoms with Gasteiger partial charge in [-0.2, -0.15) is 26.3 Å². The summed E-state index contributed by atoms with van der Waals surface area (Å²) in [5, 5.41) is 2.43. The fourth-order valence-electron chi connectivity index (χ4n) is 3.87. The van der Waals surface area contributed by atoms with Gasteiger partial charge in [0.05, 0.1) is 28.9 Å². The fourth-order valence-corrected chi connectivity index (χ4v) is 3.87. The predicted molar refractivity (Wildman–Crippen MR) is 111 cm³/mol. The summed E-state index contributed by atoms with van der Waals surface area (Å²) in [4.78, 5) is 39.6. The molecule has 1 saturated carbocycles. The molecular weight excluding hydrogens is 480 g/mol. The van der Waals surface area contributed by atoms with Crippen molar-refractivity contribution in [3.63, 3.8) is 0 Å². The van der Waals surface area contributed by atoms with Crippen LogP contribution in [-0.4, -0.2) is 29.2 Å². The Hall–Kier alpha value is -3.41. The summed E-state index contributed by atoms with van der Waals surface area (Å²) >= 11 is 0. The van der Waals surface area contributed by atoms with Crippen LogP contribution in [0.4, 0.5) is 32.0 Å². The highest BCUT2D eigenvalue weighted by molar-refractivity contribution is 6.13.